The minimum Gasteiger partial charge on any atom is -0.389 e. The van der Waals surface area contributed by atoms with Crippen LogP contribution in [0.5, 0.6) is 0 Å². The first-order valence-corrected chi connectivity index (χ1v) is 8.41. The summed E-state index contributed by atoms with van der Waals surface area (Å²) in [5, 5.41) is 0. The molecular weight excluding hydrogens is 292 g/mol. The fourth-order valence-corrected chi connectivity index (χ4v) is 3.55. The number of sulfonamides is 1. The van der Waals surface area contributed by atoms with Gasteiger partial charge in [0.25, 0.3) is 0 Å². The van der Waals surface area contributed by atoms with Gasteiger partial charge in [-0.1, -0.05) is 38.6 Å². The summed E-state index contributed by atoms with van der Waals surface area (Å²) < 4.78 is 26.5. The third-order valence-electron chi connectivity index (χ3n) is 3.41. The van der Waals surface area contributed by atoms with Crippen LogP contribution in [0, 0.1) is 12.8 Å². The van der Waals surface area contributed by atoms with Crippen molar-refractivity contribution in [3.63, 3.8) is 0 Å². The van der Waals surface area contributed by atoms with Crippen molar-refractivity contribution >= 4 is 27.2 Å². The molecule has 0 fully saturated rings. The smallest absolute Gasteiger partial charge is 0.243 e. The van der Waals surface area contributed by atoms with Gasteiger partial charge in [0, 0.05) is 19.2 Å². The van der Waals surface area contributed by atoms with Gasteiger partial charge in [0.15, 0.2) is 0 Å². The second-order valence-corrected chi connectivity index (χ2v) is 7.60. The SMILES string of the molecule is CCC(C)CN(C)S(=O)(=O)c1ccc(C(N)=S)cc1C. The van der Waals surface area contributed by atoms with Gasteiger partial charge in [0.2, 0.25) is 10.0 Å². The Labute approximate surface area is 127 Å². The average molecular weight is 314 g/mol. The van der Waals surface area contributed by atoms with Gasteiger partial charge in [-0.3, -0.25) is 0 Å². The minimum atomic E-state index is -3.47. The van der Waals surface area contributed by atoms with E-state index >= 15 is 0 Å². The molecule has 0 aliphatic carbocycles. The summed E-state index contributed by atoms with van der Waals surface area (Å²) in [6.45, 7) is 6.35. The van der Waals surface area contributed by atoms with E-state index < -0.39 is 10.0 Å². The topological polar surface area (TPSA) is 63.4 Å². The fraction of sp³-hybridized carbons (Fsp3) is 0.500. The molecule has 0 radical (unpaired) electrons. The number of nitrogens with zero attached hydrogens (tertiary/aromatic N) is 1. The number of rotatable bonds is 6. The van der Waals surface area contributed by atoms with Crippen LogP contribution >= 0.6 is 12.2 Å². The summed E-state index contributed by atoms with van der Waals surface area (Å²) in [7, 11) is -1.85. The van der Waals surface area contributed by atoms with Crippen molar-refractivity contribution in [1.29, 1.82) is 0 Å². The van der Waals surface area contributed by atoms with E-state index in [1.807, 2.05) is 13.8 Å². The van der Waals surface area contributed by atoms with E-state index in [-0.39, 0.29) is 4.99 Å². The summed E-state index contributed by atoms with van der Waals surface area (Å²) in [6.07, 6.45) is 0.944. The Balaban J connectivity index is 3.13. The molecule has 0 aliphatic heterocycles. The standard InChI is InChI=1S/C14H22N2O2S2/c1-5-10(2)9-16(4)20(17,18)13-7-6-12(14(15)19)8-11(13)3/h6-8,10H,5,9H2,1-4H3,(H2,15,19). The first-order chi connectivity index (χ1) is 9.20. The summed E-state index contributed by atoms with van der Waals surface area (Å²) in [5.41, 5.74) is 6.90. The maximum absolute atomic E-state index is 12.5. The predicted octanol–water partition coefficient (Wildman–Crippen LogP) is 2.30. The molecule has 6 heteroatoms. The normalized spacial score (nSPS) is 13.4. The van der Waals surface area contributed by atoms with Crippen LogP contribution in [0.3, 0.4) is 0 Å². The van der Waals surface area contributed by atoms with Gasteiger partial charge in [-0.05, 0) is 30.5 Å². The lowest BCUT2D eigenvalue weighted by atomic mass is 10.1. The molecule has 1 aromatic rings. The molecule has 0 amide bonds. The van der Waals surface area contributed by atoms with E-state index in [4.69, 9.17) is 18.0 Å². The van der Waals surface area contributed by atoms with Gasteiger partial charge in [-0.15, -0.1) is 0 Å². The average Bonchev–Trinajstić information content (AvgIpc) is 2.37. The number of hydrogen-bond donors (Lipinski definition) is 1. The zero-order valence-corrected chi connectivity index (χ0v) is 14.0. The van der Waals surface area contributed by atoms with E-state index in [1.165, 1.54) is 4.31 Å². The lowest BCUT2D eigenvalue weighted by Gasteiger charge is -2.21. The van der Waals surface area contributed by atoms with Crippen LogP contribution in [0.2, 0.25) is 0 Å². The Bertz CT molecular complexity index is 597. The van der Waals surface area contributed by atoms with Crippen LogP contribution in [0.25, 0.3) is 0 Å². The van der Waals surface area contributed by atoms with Crippen LogP contribution in [0.15, 0.2) is 23.1 Å². The predicted molar refractivity (Wildman–Crippen MR) is 86.3 cm³/mol. The summed E-state index contributed by atoms with van der Waals surface area (Å²) in [5.74, 6) is 0.325. The molecule has 0 heterocycles. The second-order valence-electron chi connectivity index (χ2n) is 5.14. The summed E-state index contributed by atoms with van der Waals surface area (Å²) in [4.78, 5) is 0.577. The van der Waals surface area contributed by atoms with Crippen molar-refractivity contribution in [3.8, 4) is 0 Å². The zero-order chi connectivity index (χ0) is 15.5. The molecule has 0 saturated heterocycles. The molecule has 1 rings (SSSR count). The highest BCUT2D eigenvalue weighted by Crippen LogP contribution is 2.21. The highest BCUT2D eigenvalue weighted by atomic mass is 32.2. The number of nitrogens with two attached hydrogens (primary N) is 1. The van der Waals surface area contributed by atoms with Gasteiger partial charge in [-0.25, -0.2) is 12.7 Å². The Morgan fingerprint density at radius 3 is 2.50 bits per heavy atom. The molecule has 0 spiro atoms. The van der Waals surface area contributed by atoms with Crippen LogP contribution in [-0.4, -0.2) is 31.3 Å². The van der Waals surface area contributed by atoms with Gasteiger partial charge < -0.3 is 5.73 Å². The van der Waals surface area contributed by atoms with Crippen molar-refractivity contribution in [2.24, 2.45) is 11.7 Å². The van der Waals surface area contributed by atoms with Crippen LogP contribution in [0.4, 0.5) is 0 Å². The fourth-order valence-electron chi connectivity index (χ4n) is 1.93. The van der Waals surface area contributed by atoms with Gasteiger partial charge in [0.05, 0.1) is 4.90 Å². The van der Waals surface area contributed by atoms with Gasteiger partial charge >= 0.3 is 0 Å². The molecule has 4 nitrogen and oxygen atoms in total. The third-order valence-corrected chi connectivity index (χ3v) is 5.63. The van der Waals surface area contributed by atoms with E-state index in [1.54, 1.807) is 32.2 Å². The maximum Gasteiger partial charge on any atom is 0.243 e. The van der Waals surface area contributed by atoms with Crippen LogP contribution < -0.4 is 5.73 Å². The van der Waals surface area contributed by atoms with Gasteiger partial charge in [-0.2, -0.15) is 0 Å². The Hall–Kier alpha value is -0.980. The van der Waals surface area contributed by atoms with Crippen molar-refractivity contribution in [2.75, 3.05) is 13.6 Å². The molecule has 112 valence electrons. The molecule has 0 aromatic heterocycles. The monoisotopic (exact) mass is 314 g/mol. The Morgan fingerprint density at radius 2 is 2.05 bits per heavy atom. The quantitative estimate of drug-likeness (QED) is 0.818. The third kappa shape index (κ3) is 3.77. The molecule has 1 aromatic carbocycles. The number of hydrogen-bond acceptors (Lipinski definition) is 3. The lowest BCUT2D eigenvalue weighted by Crippen LogP contribution is -2.31. The molecular formula is C14H22N2O2S2. The zero-order valence-electron chi connectivity index (χ0n) is 12.4. The number of benzene rings is 1. The highest BCUT2D eigenvalue weighted by Gasteiger charge is 2.23. The second kappa shape index (κ2) is 6.65. The maximum atomic E-state index is 12.5. The van der Waals surface area contributed by atoms with E-state index in [2.05, 4.69) is 0 Å². The molecule has 0 aliphatic rings. The molecule has 1 unspecified atom stereocenters. The molecule has 20 heavy (non-hydrogen) atoms. The van der Waals surface area contributed by atoms with Crippen LogP contribution in [0.1, 0.15) is 31.4 Å². The number of aryl methyl sites for hydroxylation is 1. The van der Waals surface area contributed by atoms with Crippen molar-refractivity contribution in [3.05, 3.63) is 29.3 Å². The minimum absolute atomic E-state index is 0.269. The largest absolute Gasteiger partial charge is 0.389 e. The number of thiocarbonyl (C=S) groups is 1. The summed E-state index contributed by atoms with van der Waals surface area (Å²) >= 11 is 4.90. The van der Waals surface area contributed by atoms with E-state index in [0.29, 0.717) is 28.5 Å². The Morgan fingerprint density at radius 1 is 1.45 bits per heavy atom. The first-order valence-electron chi connectivity index (χ1n) is 6.57. The van der Waals surface area contributed by atoms with E-state index in [0.717, 1.165) is 6.42 Å². The molecule has 0 bridgehead atoms. The Kier molecular flexibility index (Phi) is 5.68. The van der Waals surface area contributed by atoms with Crippen LogP contribution in [-0.2, 0) is 10.0 Å². The molecule has 1 atom stereocenters. The molecule has 2 N–H and O–H groups in total. The van der Waals surface area contributed by atoms with Crippen molar-refractivity contribution < 1.29 is 8.42 Å². The van der Waals surface area contributed by atoms with E-state index in [9.17, 15) is 8.42 Å². The van der Waals surface area contributed by atoms with Gasteiger partial charge in [0.1, 0.15) is 4.99 Å². The highest BCUT2D eigenvalue weighted by molar-refractivity contribution is 7.89. The lowest BCUT2D eigenvalue weighted by molar-refractivity contribution is 0.393. The van der Waals surface area contributed by atoms with Crippen molar-refractivity contribution in [1.82, 2.24) is 4.31 Å². The summed E-state index contributed by atoms with van der Waals surface area (Å²) in [6, 6.07) is 4.94. The first kappa shape index (κ1) is 17.1. The van der Waals surface area contributed by atoms with Crippen molar-refractivity contribution in [2.45, 2.75) is 32.1 Å². The molecule has 0 saturated carbocycles.